The Bertz CT molecular complexity index is 834. The molecule has 0 aromatic heterocycles. The number of nitrogens with zero attached hydrogens (tertiary/aromatic N) is 1. The summed E-state index contributed by atoms with van der Waals surface area (Å²) in [6.07, 6.45) is 2.69. The van der Waals surface area contributed by atoms with Crippen molar-refractivity contribution in [2.45, 2.75) is 105 Å². The molecule has 1 aromatic carbocycles. The van der Waals surface area contributed by atoms with E-state index in [0.29, 0.717) is 24.1 Å². The average Bonchev–Trinajstić information content (AvgIpc) is 2.74. The van der Waals surface area contributed by atoms with Gasteiger partial charge in [-0.25, -0.2) is 4.79 Å². The van der Waals surface area contributed by atoms with Crippen molar-refractivity contribution < 1.29 is 24.2 Å². The quantitative estimate of drug-likeness (QED) is 0.404. The number of para-hydroxylation sites is 1. The van der Waals surface area contributed by atoms with Crippen LogP contribution in [0.25, 0.3) is 0 Å². The first-order chi connectivity index (χ1) is 15.8. The van der Waals surface area contributed by atoms with Gasteiger partial charge in [-0.15, -0.1) is 0 Å². The standard InChI is InChI=1S/C26H43N3O5/c1-9-11-12-16-27-23(31)21(20-15-13-14-17(3)22(20)30)29(18(4)10-2)24(32)19(5)28-25(33)34-26(6,7)8/h13-15,18-19,21,30H,9-12,16H2,1-8H3,(H,27,31)(H,28,33). The zero-order valence-electron chi connectivity index (χ0n) is 22.0. The van der Waals surface area contributed by atoms with E-state index in [1.807, 2.05) is 13.8 Å². The first kappa shape index (κ1) is 29.3. The van der Waals surface area contributed by atoms with Crippen LogP contribution in [-0.4, -0.2) is 52.1 Å². The average molecular weight is 478 g/mol. The fourth-order valence-corrected chi connectivity index (χ4v) is 3.57. The van der Waals surface area contributed by atoms with Crippen LogP contribution in [0.2, 0.25) is 0 Å². The molecule has 1 rings (SSSR count). The first-order valence-corrected chi connectivity index (χ1v) is 12.2. The zero-order valence-corrected chi connectivity index (χ0v) is 22.0. The van der Waals surface area contributed by atoms with E-state index in [4.69, 9.17) is 4.74 Å². The van der Waals surface area contributed by atoms with Crippen molar-refractivity contribution in [3.63, 3.8) is 0 Å². The molecule has 8 nitrogen and oxygen atoms in total. The van der Waals surface area contributed by atoms with Gasteiger partial charge in [0.25, 0.3) is 0 Å². The molecule has 3 amide bonds. The smallest absolute Gasteiger partial charge is 0.408 e. The van der Waals surface area contributed by atoms with Gasteiger partial charge in [-0.05, 0) is 59.9 Å². The van der Waals surface area contributed by atoms with Crippen molar-refractivity contribution in [1.29, 1.82) is 0 Å². The number of alkyl carbamates (subject to hydrolysis) is 1. The predicted molar refractivity (Wildman–Crippen MR) is 134 cm³/mol. The number of unbranched alkanes of at least 4 members (excludes halogenated alkanes) is 2. The molecule has 0 heterocycles. The Labute approximate surface area is 204 Å². The summed E-state index contributed by atoms with van der Waals surface area (Å²) in [5.41, 5.74) is 0.251. The van der Waals surface area contributed by atoms with Crippen molar-refractivity contribution in [2.24, 2.45) is 0 Å². The molecule has 3 N–H and O–H groups in total. The van der Waals surface area contributed by atoms with Crippen LogP contribution >= 0.6 is 0 Å². The Morgan fingerprint density at radius 1 is 1.12 bits per heavy atom. The summed E-state index contributed by atoms with van der Waals surface area (Å²) in [5.74, 6) is -0.824. The third-order valence-electron chi connectivity index (χ3n) is 5.59. The second-order valence-corrected chi connectivity index (χ2v) is 9.78. The Kier molecular flexibility index (Phi) is 11.4. The number of benzene rings is 1. The molecule has 34 heavy (non-hydrogen) atoms. The molecule has 3 unspecified atom stereocenters. The minimum Gasteiger partial charge on any atom is -0.507 e. The summed E-state index contributed by atoms with van der Waals surface area (Å²) < 4.78 is 5.29. The highest BCUT2D eigenvalue weighted by Crippen LogP contribution is 2.33. The van der Waals surface area contributed by atoms with Gasteiger partial charge in [-0.1, -0.05) is 44.9 Å². The van der Waals surface area contributed by atoms with Crippen LogP contribution < -0.4 is 10.6 Å². The second kappa shape index (κ2) is 13.2. The molecule has 0 radical (unpaired) electrons. The lowest BCUT2D eigenvalue weighted by Gasteiger charge is -2.38. The Morgan fingerprint density at radius 3 is 2.32 bits per heavy atom. The number of rotatable bonds is 11. The van der Waals surface area contributed by atoms with Crippen molar-refractivity contribution in [2.75, 3.05) is 6.54 Å². The number of hydrogen-bond donors (Lipinski definition) is 3. The lowest BCUT2D eigenvalue weighted by molar-refractivity contribution is -0.144. The predicted octanol–water partition coefficient (Wildman–Crippen LogP) is 4.59. The molecule has 192 valence electrons. The van der Waals surface area contributed by atoms with Crippen LogP contribution in [-0.2, 0) is 14.3 Å². The molecule has 0 aliphatic heterocycles. The monoisotopic (exact) mass is 477 g/mol. The fourth-order valence-electron chi connectivity index (χ4n) is 3.57. The highest BCUT2D eigenvalue weighted by Gasteiger charge is 2.38. The summed E-state index contributed by atoms with van der Waals surface area (Å²) in [4.78, 5) is 40.8. The van der Waals surface area contributed by atoms with Gasteiger partial charge in [0.1, 0.15) is 23.4 Å². The number of hydrogen-bond acceptors (Lipinski definition) is 5. The molecule has 8 heteroatoms. The maximum Gasteiger partial charge on any atom is 0.408 e. The molecule has 0 aliphatic rings. The molecular weight excluding hydrogens is 434 g/mol. The van der Waals surface area contributed by atoms with E-state index in [-0.39, 0.29) is 17.7 Å². The first-order valence-electron chi connectivity index (χ1n) is 12.2. The van der Waals surface area contributed by atoms with E-state index in [0.717, 1.165) is 19.3 Å². The lowest BCUT2D eigenvalue weighted by atomic mass is 9.97. The van der Waals surface area contributed by atoms with E-state index >= 15 is 0 Å². The number of nitrogens with one attached hydrogen (secondary N) is 2. The number of aryl methyl sites for hydroxylation is 1. The molecule has 0 fully saturated rings. The molecule has 0 saturated heterocycles. The summed E-state index contributed by atoms with van der Waals surface area (Å²) in [5, 5.41) is 16.3. The van der Waals surface area contributed by atoms with E-state index in [1.165, 1.54) is 4.90 Å². The lowest BCUT2D eigenvalue weighted by Crippen LogP contribution is -2.54. The van der Waals surface area contributed by atoms with Gasteiger partial charge in [-0.3, -0.25) is 9.59 Å². The van der Waals surface area contributed by atoms with Crippen molar-refractivity contribution in [3.8, 4) is 5.75 Å². The topological polar surface area (TPSA) is 108 Å². The van der Waals surface area contributed by atoms with Crippen LogP contribution in [0.3, 0.4) is 0 Å². The number of aromatic hydroxyl groups is 1. The highest BCUT2D eigenvalue weighted by atomic mass is 16.6. The Morgan fingerprint density at radius 2 is 1.76 bits per heavy atom. The summed E-state index contributed by atoms with van der Waals surface area (Å²) in [6, 6.07) is 2.84. The molecular formula is C26H43N3O5. The summed E-state index contributed by atoms with van der Waals surface area (Å²) >= 11 is 0. The van der Waals surface area contributed by atoms with Gasteiger partial charge in [0.15, 0.2) is 0 Å². The van der Waals surface area contributed by atoms with E-state index in [1.54, 1.807) is 52.8 Å². The minimum atomic E-state index is -1.05. The molecule has 0 spiro atoms. The second-order valence-electron chi connectivity index (χ2n) is 9.78. The third kappa shape index (κ3) is 8.54. The van der Waals surface area contributed by atoms with Crippen LogP contribution in [0, 0.1) is 6.92 Å². The number of carbonyl (C=O) groups excluding carboxylic acids is 3. The van der Waals surface area contributed by atoms with E-state index < -0.39 is 29.7 Å². The van der Waals surface area contributed by atoms with Crippen LogP contribution in [0.15, 0.2) is 18.2 Å². The minimum absolute atomic E-state index is 0.0231. The third-order valence-corrected chi connectivity index (χ3v) is 5.59. The van der Waals surface area contributed by atoms with Crippen molar-refractivity contribution >= 4 is 17.9 Å². The van der Waals surface area contributed by atoms with Crippen LogP contribution in [0.5, 0.6) is 5.75 Å². The van der Waals surface area contributed by atoms with Gasteiger partial charge in [0, 0.05) is 18.2 Å². The van der Waals surface area contributed by atoms with Gasteiger partial charge in [0.05, 0.1) is 0 Å². The molecule has 0 aliphatic carbocycles. The van der Waals surface area contributed by atoms with E-state index in [2.05, 4.69) is 17.6 Å². The van der Waals surface area contributed by atoms with Crippen molar-refractivity contribution in [3.05, 3.63) is 29.3 Å². The van der Waals surface area contributed by atoms with Gasteiger partial charge in [0.2, 0.25) is 11.8 Å². The summed E-state index contributed by atoms with van der Waals surface area (Å²) in [6.45, 7) is 14.9. The highest BCUT2D eigenvalue weighted by molar-refractivity contribution is 5.92. The number of carbonyl (C=O) groups is 3. The fraction of sp³-hybridized carbons (Fsp3) is 0.654. The normalized spacial score (nSPS) is 14.0. The maximum absolute atomic E-state index is 13.6. The Balaban J connectivity index is 3.36. The van der Waals surface area contributed by atoms with Crippen LogP contribution in [0.4, 0.5) is 4.79 Å². The maximum atomic E-state index is 13.6. The van der Waals surface area contributed by atoms with Gasteiger partial charge >= 0.3 is 6.09 Å². The number of phenolic OH excluding ortho intramolecular Hbond substituents is 1. The molecule has 1 aromatic rings. The largest absolute Gasteiger partial charge is 0.507 e. The van der Waals surface area contributed by atoms with Crippen molar-refractivity contribution in [1.82, 2.24) is 15.5 Å². The number of phenols is 1. The molecule has 0 saturated carbocycles. The molecule has 0 bridgehead atoms. The number of ether oxygens (including phenoxy) is 1. The van der Waals surface area contributed by atoms with Gasteiger partial charge in [-0.2, -0.15) is 0 Å². The van der Waals surface area contributed by atoms with Crippen LogP contribution in [0.1, 0.15) is 91.3 Å². The van der Waals surface area contributed by atoms with Gasteiger partial charge < -0.3 is 25.4 Å². The molecule has 3 atom stereocenters. The summed E-state index contributed by atoms with van der Waals surface area (Å²) in [7, 11) is 0. The van der Waals surface area contributed by atoms with E-state index in [9.17, 15) is 19.5 Å². The zero-order chi connectivity index (χ0) is 26.1. The SMILES string of the molecule is CCCCCNC(=O)C(c1cccc(C)c1O)N(C(=O)C(C)NC(=O)OC(C)(C)C)C(C)CC. The number of amides is 3. The Hall–Kier alpha value is -2.77.